The van der Waals surface area contributed by atoms with E-state index in [-0.39, 0.29) is 0 Å². The van der Waals surface area contributed by atoms with Crippen LogP contribution in [0.1, 0.15) is 50.5 Å². The molecule has 0 radical (unpaired) electrons. The van der Waals surface area contributed by atoms with Crippen LogP contribution in [0.4, 0.5) is 0 Å². The van der Waals surface area contributed by atoms with E-state index in [2.05, 4.69) is 16.8 Å². The zero-order valence-corrected chi connectivity index (χ0v) is 10.9. The van der Waals surface area contributed by atoms with Gasteiger partial charge in [0.25, 0.3) is 0 Å². The van der Waals surface area contributed by atoms with E-state index < -0.39 is 0 Å². The third-order valence-electron chi connectivity index (χ3n) is 4.01. The molecule has 1 aliphatic rings. The van der Waals surface area contributed by atoms with Gasteiger partial charge < -0.3 is 5.73 Å². The predicted octanol–water partition coefficient (Wildman–Crippen LogP) is 3.98. The van der Waals surface area contributed by atoms with Crippen LogP contribution in [-0.4, -0.2) is 6.54 Å². The van der Waals surface area contributed by atoms with E-state index in [0.717, 1.165) is 6.54 Å². The summed E-state index contributed by atoms with van der Waals surface area (Å²) in [4.78, 5) is 0. The third-order valence-corrected chi connectivity index (χ3v) is 4.74. The van der Waals surface area contributed by atoms with Gasteiger partial charge in [-0.15, -0.1) is 0 Å². The molecule has 1 aliphatic carbocycles. The molecule has 2 N–H and O–H groups in total. The van der Waals surface area contributed by atoms with Gasteiger partial charge in [-0.3, -0.25) is 0 Å². The Morgan fingerprint density at radius 2 is 1.81 bits per heavy atom. The molecule has 1 aromatic heterocycles. The Kier molecular flexibility index (Phi) is 4.42. The maximum atomic E-state index is 6.08. The fourth-order valence-corrected chi connectivity index (χ4v) is 3.60. The molecule has 16 heavy (non-hydrogen) atoms. The molecule has 0 amide bonds. The molecule has 0 bridgehead atoms. The van der Waals surface area contributed by atoms with Crippen molar-refractivity contribution in [1.82, 2.24) is 0 Å². The van der Waals surface area contributed by atoms with Crippen LogP contribution >= 0.6 is 11.3 Å². The number of thiophene rings is 1. The predicted molar refractivity (Wildman–Crippen MR) is 71.8 cm³/mol. The molecular weight excluding hydrogens is 214 g/mol. The summed E-state index contributed by atoms with van der Waals surface area (Å²) in [5, 5.41) is 4.47. The molecule has 0 spiro atoms. The van der Waals surface area contributed by atoms with E-state index in [1.807, 2.05) is 0 Å². The Bertz CT molecular complexity index is 284. The molecule has 1 heterocycles. The summed E-state index contributed by atoms with van der Waals surface area (Å²) in [5.74, 6) is 0. The zero-order chi connectivity index (χ0) is 11.3. The van der Waals surface area contributed by atoms with Crippen molar-refractivity contribution >= 4 is 11.3 Å². The lowest BCUT2D eigenvalue weighted by atomic mass is 9.72. The lowest BCUT2D eigenvalue weighted by Gasteiger charge is -2.34. The second kappa shape index (κ2) is 5.83. The first kappa shape index (κ1) is 12.1. The van der Waals surface area contributed by atoms with Crippen molar-refractivity contribution < 1.29 is 0 Å². The van der Waals surface area contributed by atoms with Gasteiger partial charge in [0.1, 0.15) is 0 Å². The van der Waals surface area contributed by atoms with E-state index >= 15 is 0 Å². The number of rotatable bonds is 3. The first-order chi connectivity index (χ1) is 7.85. The molecule has 0 atom stereocenters. The summed E-state index contributed by atoms with van der Waals surface area (Å²) in [6, 6.07) is 2.26. The van der Waals surface area contributed by atoms with Crippen molar-refractivity contribution in [3.63, 3.8) is 0 Å². The normalized spacial score (nSPS) is 21.3. The fraction of sp³-hybridized carbons (Fsp3) is 0.714. The van der Waals surface area contributed by atoms with E-state index in [4.69, 9.17) is 5.73 Å². The van der Waals surface area contributed by atoms with Crippen molar-refractivity contribution in [2.75, 3.05) is 6.54 Å². The molecule has 1 saturated carbocycles. The lowest BCUT2D eigenvalue weighted by Crippen LogP contribution is -2.33. The standard InChI is InChI=1S/C14H23NS/c15-12-14(10-13-6-9-16-11-13)7-4-2-1-3-5-8-14/h6,9,11H,1-5,7-8,10,12,15H2. The summed E-state index contributed by atoms with van der Waals surface area (Å²) in [7, 11) is 0. The molecule has 2 rings (SSSR count). The van der Waals surface area contributed by atoms with Crippen LogP contribution in [0.2, 0.25) is 0 Å². The molecule has 0 unspecified atom stereocenters. The molecule has 0 aliphatic heterocycles. The van der Waals surface area contributed by atoms with E-state index in [1.54, 1.807) is 11.3 Å². The molecule has 1 nitrogen and oxygen atoms in total. The topological polar surface area (TPSA) is 26.0 Å². The SMILES string of the molecule is NCC1(Cc2ccsc2)CCCCCCC1. The van der Waals surface area contributed by atoms with Crippen LogP contribution in [0.15, 0.2) is 16.8 Å². The van der Waals surface area contributed by atoms with Crippen LogP contribution < -0.4 is 5.73 Å². The summed E-state index contributed by atoms with van der Waals surface area (Å²) < 4.78 is 0. The average molecular weight is 237 g/mol. The van der Waals surface area contributed by atoms with Crippen LogP contribution in [0, 0.1) is 5.41 Å². The van der Waals surface area contributed by atoms with Crippen molar-refractivity contribution in [1.29, 1.82) is 0 Å². The Morgan fingerprint density at radius 3 is 2.38 bits per heavy atom. The maximum Gasteiger partial charge on any atom is -0.00173 e. The number of hydrogen-bond acceptors (Lipinski definition) is 2. The molecule has 0 aromatic carbocycles. The minimum absolute atomic E-state index is 0.404. The van der Waals surface area contributed by atoms with E-state index in [1.165, 1.54) is 56.9 Å². The minimum Gasteiger partial charge on any atom is -0.330 e. The van der Waals surface area contributed by atoms with Crippen molar-refractivity contribution in [3.8, 4) is 0 Å². The highest BCUT2D eigenvalue weighted by molar-refractivity contribution is 7.07. The average Bonchev–Trinajstić information content (AvgIpc) is 2.75. The van der Waals surface area contributed by atoms with Gasteiger partial charge in [0, 0.05) is 0 Å². The number of nitrogens with two attached hydrogens (primary N) is 1. The minimum atomic E-state index is 0.404. The van der Waals surface area contributed by atoms with Crippen molar-refractivity contribution in [2.24, 2.45) is 11.1 Å². The summed E-state index contributed by atoms with van der Waals surface area (Å²) >= 11 is 1.81. The first-order valence-electron chi connectivity index (χ1n) is 6.56. The van der Waals surface area contributed by atoms with Crippen LogP contribution in [0.3, 0.4) is 0 Å². The van der Waals surface area contributed by atoms with Gasteiger partial charge in [0.15, 0.2) is 0 Å². The van der Waals surface area contributed by atoms with Crippen LogP contribution in [0.25, 0.3) is 0 Å². The molecule has 2 heteroatoms. The smallest absolute Gasteiger partial charge is 0.00173 e. The highest BCUT2D eigenvalue weighted by atomic mass is 32.1. The zero-order valence-electron chi connectivity index (χ0n) is 10.1. The van der Waals surface area contributed by atoms with Gasteiger partial charge in [-0.25, -0.2) is 0 Å². The number of hydrogen-bond donors (Lipinski definition) is 1. The van der Waals surface area contributed by atoms with Gasteiger partial charge >= 0.3 is 0 Å². The lowest BCUT2D eigenvalue weighted by molar-refractivity contribution is 0.217. The second-order valence-corrected chi connectivity index (χ2v) is 6.06. The Balaban J connectivity index is 2.03. The molecular formula is C14H23NS. The molecule has 1 aromatic rings. The Labute approximate surface area is 103 Å². The summed E-state index contributed by atoms with van der Waals surface area (Å²) in [6.07, 6.45) is 10.9. The highest BCUT2D eigenvalue weighted by Gasteiger charge is 2.28. The monoisotopic (exact) mass is 237 g/mol. The largest absolute Gasteiger partial charge is 0.330 e. The van der Waals surface area contributed by atoms with Crippen molar-refractivity contribution in [3.05, 3.63) is 22.4 Å². The van der Waals surface area contributed by atoms with E-state index in [9.17, 15) is 0 Å². The highest BCUT2D eigenvalue weighted by Crippen LogP contribution is 2.36. The summed E-state index contributed by atoms with van der Waals surface area (Å²) in [6.45, 7) is 0.864. The molecule has 1 fully saturated rings. The van der Waals surface area contributed by atoms with Gasteiger partial charge in [0.2, 0.25) is 0 Å². The molecule has 90 valence electrons. The van der Waals surface area contributed by atoms with Gasteiger partial charge in [-0.05, 0) is 53.6 Å². The van der Waals surface area contributed by atoms with Gasteiger partial charge in [-0.2, -0.15) is 11.3 Å². The Hall–Kier alpha value is -0.340. The van der Waals surface area contributed by atoms with Gasteiger partial charge in [0.05, 0.1) is 0 Å². The van der Waals surface area contributed by atoms with Gasteiger partial charge in [-0.1, -0.05) is 32.1 Å². The first-order valence-corrected chi connectivity index (χ1v) is 7.50. The van der Waals surface area contributed by atoms with E-state index in [0.29, 0.717) is 5.41 Å². The maximum absolute atomic E-state index is 6.08. The second-order valence-electron chi connectivity index (χ2n) is 5.28. The quantitative estimate of drug-likeness (QED) is 0.845. The Morgan fingerprint density at radius 1 is 1.12 bits per heavy atom. The van der Waals surface area contributed by atoms with Crippen LogP contribution in [-0.2, 0) is 6.42 Å². The fourth-order valence-electron chi connectivity index (χ4n) is 2.93. The van der Waals surface area contributed by atoms with Crippen molar-refractivity contribution in [2.45, 2.75) is 51.4 Å². The molecule has 0 saturated heterocycles. The van der Waals surface area contributed by atoms with Crippen LogP contribution in [0.5, 0.6) is 0 Å². The summed E-state index contributed by atoms with van der Waals surface area (Å²) in [5.41, 5.74) is 7.98. The third kappa shape index (κ3) is 3.08.